The molecule has 0 aromatic carbocycles. The van der Waals surface area contributed by atoms with E-state index < -0.39 is 0 Å². The zero-order chi connectivity index (χ0) is 5.28. The first-order valence-corrected chi connectivity index (χ1v) is 2.12. The minimum absolute atomic E-state index is 0. The summed E-state index contributed by atoms with van der Waals surface area (Å²) in [5.74, 6) is -0.296. The molecule has 0 unspecified atom stereocenters. The van der Waals surface area contributed by atoms with E-state index in [1.54, 1.807) is 0 Å². The fraction of sp³-hybridized carbons (Fsp3) is 0.500. The lowest BCUT2D eigenvalue weighted by Gasteiger charge is -1.79. The number of hydrogen-bond acceptors (Lipinski definition) is 2. The van der Waals surface area contributed by atoms with Gasteiger partial charge in [0.15, 0.2) is 0 Å². The summed E-state index contributed by atoms with van der Waals surface area (Å²) >= 11 is 0. The Hall–Kier alpha value is -0.420. The van der Waals surface area contributed by atoms with E-state index in [9.17, 15) is 9.59 Å². The lowest BCUT2D eigenvalue weighted by Crippen LogP contribution is -2.18. The van der Waals surface area contributed by atoms with Crippen molar-refractivity contribution in [1.82, 2.24) is 5.32 Å². The third-order valence-corrected chi connectivity index (χ3v) is 0.858. The maximum atomic E-state index is 10.1. The molecular weight excluding hydrogens is 190 g/mol. The molecule has 1 aliphatic heterocycles. The van der Waals surface area contributed by atoms with E-state index in [2.05, 4.69) is 5.32 Å². The molecule has 0 spiro atoms. The second-order valence-electron chi connectivity index (χ2n) is 1.47. The Morgan fingerprint density at radius 2 is 1.44 bits per heavy atom. The monoisotopic (exact) mass is 197 g/mol. The molecule has 3 N–H and O–H groups in total. The fourth-order valence-electron chi connectivity index (χ4n) is 0.508. The Bertz CT molecular complexity index is 111. The molecule has 0 aromatic rings. The minimum Gasteiger partial charge on any atom is -0.412 e. The largest absolute Gasteiger partial charge is 0.412 e. The van der Waals surface area contributed by atoms with E-state index in [1.165, 1.54) is 0 Å². The molecule has 5 heteroatoms. The maximum absolute atomic E-state index is 10.1. The van der Waals surface area contributed by atoms with Gasteiger partial charge in [-0.15, -0.1) is 17.0 Å². The van der Waals surface area contributed by atoms with Gasteiger partial charge in [0.25, 0.3) is 0 Å². The molecule has 1 aliphatic rings. The SMILES string of the molecule is Br.O.O=C1CCC(=O)N1. The summed E-state index contributed by atoms with van der Waals surface area (Å²) in [7, 11) is 0. The van der Waals surface area contributed by atoms with Crippen molar-refractivity contribution in [3.63, 3.8) is 0 Å². The zero-order valence-corrected chi connectivity index (χ0v) is 6.35. The summed E-state index contributed by atoms with van der Waals surface area (Å²) in [6, 6.07) is 0. The highest BCUT2D eigenvalue weighted by Crippen LogP contribution is 1.95. The molecule has 54 valence electrons. The van der Waals surface area contributed by atoms with Gasteiger partial charge in [-0.1, -0.05) is 0 Å². The van der Waals surface area contributed by atoms with Crippen molar-refractivity contribution in [2.45, 2.75) is 12.8 Å². The zero-order valence-electron chi connectivity index (χ0n) is 4.64. The molecule has 1 saturated heterocycles. The van der Waals surface area contributed by atoms with Crippen LogP contribution >= 0.6 is 17.0 Å². The molecule has 0 aromatic heterocycles. The lowest BCUT2D eigenvalue weighted by atomic mass is 10.4. The van der Waals surface area contributed by atoms with Crippen molar-refractivity contribution in [1.29, 1.82) is 0 Å². The number of imide groups is 1. The van der Waals surface area contributed by atoms with Crippen LogP contribution in [0.25, 0.3) is 0 Å². The summed E-state index contributed by atoms with van der Waals surface area (Å²) in [5.41, 5.74) is 0. The predicted molar refractivity (Wildman–Crippen MR) is 36.3 cm³/mol. The number of carbonyl (C=O) groups excluding carboxylic acids is 2. The minimum atomic E-state index is -0.148. The van der Waals surface area contributed by atoms with Crippen LogP contribution in [0.4, 0.5) is 0 Å². The van der Waals surface area contributed by atoms with Crippen molar-refractivity contribution in [2.75, 3.05) is 0 Å². The average molecular weight is 198 g/mol. The van der Waals surface area contributed by atoms with Crippen LogP contribution in [0.15, 0.2) is 0 Å². The van der Waals surface area contributed by atoms with Gasteiger partial charge >= 0.3 is 0 Å². The van der Waals surface area contributed by atoms with E-state index in [0.29, 0.717) is 12.8 Å². The first-order chi connectivity index (χ1) is 3.29. The Balaban J connectivity index is 0. The van der Waals surface area contributed by atoms with Crippen LogP contribution in [0, 0.1) is 0 Å². The second kappa shape index (κ2) is 4.46. The average Bonchev–Trinajstić information content (AvgIpc) is 1.87. The Morgan fingerprint density at radius 1 is 1.11 bits per heavy atom. The molecule has 0 saturated carbocycles. The van der Waals surface area contributed by atoms with Crippen LogP contribution in [0.1, 0.15) is 12.8 Å². The van der Waals surface area contributed by atoms with E-state index >= 15 is 0 Å². The van der Waals surface area contributed by atoms with Gasteiger partial charge in [-0.2, -0.15) is 0 Å². The van der Waals surface area contributed by atoms with Gasteiger partial charge in [0.1, 0.15) is 0 Å². The molecule has 0 bridgehead atoms. The van der Waals surface area contributed by atoms with Crippen LogP contribution in [-0.2, 0) is 9.59 Å². The van der Waals surface area contributed by atoms with E-state index in [-0.39, 0.29) is 34.3 Å². The first-order valence-electron chi connectivity index (χ1n) is 2.12. The quantitative estimate of drug-likeness (QED) is 0.516. The summed E-state index contributed by atoms with van der Waals surface area (Å²) in [5, 5.41) is 2.14. The smallest absolute Gasteiger partial charge is 0.227 e. The van der Waals surface area contributed by atoms with Gasteiger partial charge < -0.3 is 5.48 Å². The number of halogens is 1. The third kappa shape index (κ3) is 3.21. The first kappa shape index (κ1) is 11.4. The molecule has 1 heterocycles. The van der Waals surface area contributed by atoms with Gasteiger partial charge in [-0.3, -0.25) is 14.9 Å². The molecule has 0 aliphatic carbocycles. The highest BCUT2D eigenvalue weighted by molar-refractivity contribution is 8.93. The van der Waals surface area contributed by atoms with Crippen molar-refractivity contribution in [3.05, 3.63) is 0 Å². The maximum Gasteiger partial charge on any atom is 0.227 e. The van der Waals surface area contributed by atoms with E-state index in [1.807, 2.05) is 0 Å². The molecule has 9 heavy (non-hydrogen) atoms. The molecule has 0 atom stereocenters. The Morgan fingerprint density at radius 3 is 1.56 bits per heavy atom. The molecule has 0 radical (unpaired) electrons. The number of amides is 2. The summed E-state index contributed by atoms with van der Waals surface area (Å²) in [4.78, 5) is 20.2. The number of rotatable bonds is 0. The van der Waals surface area contributed by atoms with Crippen molar-refractivity contribution in [2.24, 2.45) is 0 Å². The predicted octanol–water partition coefficient (Wildman–Crippen LogP) is -0.824. The normalized spacial score (nSPS) is 15.6. The lowest BCUT2D eigenvalue weighted by molar-refractivity contribution is -0.124. The summed E-state index contributed by atoms with van der Waals surface area (Å²) < 4.78 is 0. The summed E-state index contributed by atoms with van der Waals surface area (Å²) in [6.07, 6.45) is 0.748. The number of nitrogens with one attached hydrogen (secondary N) is 1. The molecule has 2 amide bonds. The standard InChI is InChI=1S/C4H5NO2.BrH.H2O/c6-3-1-2-4(7)5-3;;/h1-2H2,(H,5,6,7);1H;1H2. The van der Waals surface area contributed by atoms with E-state index in [0.717, 1.165) is 0 Å². The summed E-state index contributed by atoms with van der Waals surface area (Å²) in [6.45, 7) is 0. The van der Waals surface area contributed by atoms with Crippen molar-refractivity contribution < 1.29 is 15.1 Å². The van der Waals surface area contributed by atoms with Crippen molar-refractivity contribution in [3.8, 4) is 0 Å². The van der Waals surface area contributed by atoms with Gasteiger partial charge in [-0.05, 0) is 0 Å². The third-order valence-electron chi connectivity index (χ3n) is 0.858. The van der Waals surface area contributed by atoms with Crippen molar-refractivity contribution >= 4 is 28.8 Å². The topological polar surface area (TPSA) is 77.7 Å². The Labute approximate surface area is 62.7 Å². The second-order valence-corrected chi connectivity index (χ2v) is 1.47. The van der Waals surface area contributed by atoms with Gasteiger partial charge in [0, 0.05) is 12.8 Å². The molecule has 1 fully saturated rings. The van der Waals surface area contributed by atoms with Crippen LogP contribution in [-0.4, -0.2) is 17.3 Å². The molecule has 4 nitrogen and oxygen atoms in total. The molecular formula is C4H8BrNO3. The van der Waals surface area contributed by atoms with Gasteiger partial charge in [0.05, 0.1) is 0 Å². The van der Waals surface area contributed by atoms with Crippen LogP contribution in [0.3, 0.4) is 0 Å². The molecule has 1 rings (SSSR count). The highest BCUT2D eigenvalue weighted by Gasteiger charge is 2.15. The fourth-order valence-corrected chi connectivity index (χ4v) is 0.508. The van der Waals surface area contributed by atoms with Crippen LogP contribution in [0.2, 0.25) is 0 Å². The number of hydrogen-bond donors (Lipinski definition) is 1. The Kier molecular flexibility index (Phi) is 5.64. The van der Waals surface area contributed by atoms with Gasteiger partial charge in [-0.25, -0.2) is 0 Å². The van der Waals surface area contributed by atoms with E-state index in [4.69, 9.17) is 0 Å². The van der Waals surface area contributed by atoms with Crippen LogP contribution in [0.5, 0.6) is 0 Å². The highest BCUT2D eigenvalue weighted by atomic mass is 79.9. The van der Waals surface area contributed by atoms with Gasteiger partial charge in [0.2, 0.25) is 11.8 Å². The van der Waals surface area contributed by atoms with Crippen LogP contribution < -0.4 is 5.32 Å². The number of carbonyl (C=O) groups is 2.